The second-order valence-corrected chi connectivity index (χ2v) is 6.26. The van der Waals surface area contributed by atoms with Gasteiger partial charge in [0.05, 0.1) is 0 Å². The first kappa shape index (κ1) is 13.3. The van der Waals surface area contributed by atoms with Gasteiger partial charge in [-0.15, -0.1) is 0 Å². The Morgan fingerprint density at radius 1 is 1.24 bits per heavy atom. The molecule has 100 valence electrons. The van der Waals surface area contributed by atoms with Gasteiger partial charge in [0.2, 0.25) is 0 Å². The molecule has 2 aliphatic heterocycles. The fraction of sp³-hybridized carbons (Fsp3) is 1.00. The largest absolute Gasteiger partial charge is 0.381 e. The Hall–Kier alpha value is -0.120. The Labute approximate surface area is 106 Å². The molecule has 2 saturated heterocycles. The molecule has 0 amide bonds. The minimum absolute atomic E-state index is 0.379. The van der Waals surface area contributed by atoms with E-state index in [-0.39, 0.29) is 0 Å². The first-order valence-electron chi connectivity index (χ1n) is 7.16. The van der Waals surface area contributed by atoms with Crippen molar-refractivity contribution in [1.29, 1.82) is 0 Å². The maximum Gasteiger partial charge on any atom is 0.0483 e. The maximum absolute atomic E-state index is 5.52. The van der Waals surface area contributed by atoms with E-state index in [2.05, 4.69) is 31.0 Å². The SMILES string of the molecule is CC1CNC(C)CCN(C2(C)CCOCC2)C1. The molecular formula is C14H28N2O. The molecule has 0 aromatic carbocycles. The molecule has 3 nitrogen and oxygen atoms in total. The Morgan fingerprint density at radius 2 is 1.94 bits per heavy atom. The number of nitrogens with zero attached hydrogens (tertiary/aromatic N) is 1. The topological polar surface area (TPSA) is 24.5 Å². The molecule has 0 radical (unpaired) electrons. The fourth-order valence-corrected chi connectivity index (χ4v) is 3.00. The Morgan fingerprint density at radius 3 is 2.65 bits per heavy atom. The van der Waals surface area contributed by atoms with E-state index in [0.717, 1.165) is 25.7 Å². The van der Waals surface area contributed by atoms with E-state index < -0.39 is 0 Å². The fourth-order valence-electron chi connectivity index (χ4n) is 3.00. The van der Waals surface area contributed by atoms with Gasteiger partial charge in [-0.3, -0.25) is 4.90 Å². The lowest BCUT2D eigenvalue weighted by molar-refractivity contribution is -0.0280. The molecule has 2 atom stereocenters. The molecule has 2 rings (SSSR count). The molecule has 0 aromatic heterocycles. The normalized spacial score (nSPS) is 36.2. The molecule has 2 aliphatic rings. The number of ether oxygens (including phenoxy) is 1. The summed E-state index contributed by atoms with van der Waals surface area (Å²) in [6, 6.07) is 0.656. The summed E-state index contributed by atoms with van der Waals surface area (Å²) < 4.78 is 5.52. The molecule has 2 fully saturated rings. The molecule has 3 heteroatoms. The van der Waals surface area contributed by atoms with Gasteiger partial charge in [0.1, 0.15) is 0 Å². The summed E-state index contributed by atoms with van der Waals surface area (Å²) in [5, 5.41) is 3.62. The number of hydrogen-bond acceptors (Lipinski definition) is 3. The minimum Gasteiger partial charge on any atom is -0.381 e. The van der Waals surface area contributed by atoms with Crippen LogP contribution in [0.5, 0.6) is 0 Å². The van der Waals surface area contributed by atoms with Gasteiger partial charge >= 0.3 is 0 Å². The van der Waals surface area contributed by atoms with E-state index in [1.807, 2.05) is 0 Å². The number of nitrogens with one attached hydrogen (secondary N) is 1. The molecule has 1 N–H and O–H groups in total. The summed E-state index contributed by atoms with van der Waals surface area (Å²) in [6.07, 6.45) is 3.66. The van der Waals surface area contributed by atoms with E-state index in [0.29, 0.717) is 11.6 Å². The molecule has 0 saturated carbocycles. The maximum atomic E-state index is 5.52. The highest BCUT2D eigenvalue weighted by Crippen LogP contribution is 2.29. The van der Waals surface area contributed by atoms with E-state index in [4.69, 9.17) is 4.74 Å². The van der Waals surface area contributed by atoms with Crippen molar-refractivity contribution in [1.82, 2.24) is 10.2 Å². The van der Waals surface area contributed by atoms with E-state index in [1.165, 1.54) is 32.4 Å². The predicted molar refractivity (Wildman–Crippen MR) is 71.3 cm³/mol. The van der Waals surface area contributed by atoms with Gasteiger partial charge in [-0.1, -0.05) is 6.92 Å². The predicted octanol–water partition coefficient (Wildman–Crippen LogP) is 1.88. The molecule has 0 spiro atoms. The van der Waals surface area contributed by atoms with Gasteiger partial charge < -0.3 is 10.1 Å². The smallest absolute Gasteiger partial charge is 0.0483 e. The quantitative estimate of drug-likeness (QED) is 0.757. The van der Waals surface area contributed by atoms with Crippen LogP contribution in [0.2, 0.25) is 0 Å². The Bertz CT molecular complexity index is 238. The van der Waals surface area contributed by atoms with Crippen LogP contribution >= 0.6 is 0 Å². The van der Waals surface area contributed by atoms with Crippen LogP contribution in [0.15, 0.2) is 0 Å². The average Bonchev–Trinajstić information content (AvgIpc) is 2.30. The molecule has 2 heterocycles. The Balaban J connectivity index is 2.00. The second-order valence-electron chi connectivity index (χ2n) is 6.26. The van der Waals surface area contributed by atoms with Crippen molar-refractivity contribution in [3.8, 4) is 0 Å². The zero-order valence-corrected chi connectivity index (χ0v) is 11.7. The van der Waals surface area contributed by atoms with Gasteiger partial charge in [0.25, 0.3) is 0 Å². The van der Waals surface area contributed by atoms with E-state index in [9.17, 15) is 0 Å². The first-order valence-corrected chi connectivity index (χ1v) is 7.16. The van der Waals surface area contributed by atoms with Crippen LogP contribution in [-0.2, 0) is 4.74 Å². The van der Waals surface area contributed by atoms with E-state index >= 15 is 0 Å². The van der Waals surface area contributed by atoms with Gasteiger partial charge in [-0.2, -0.15) is 0 Å². The lowest BCUT2D eigenvalue weighted by Gasteiger charge is -2.46. The van der Waals surface area contributed by atoms with Crippen molar-refractivity contribution in [3.05, 3.63) is 0 Å². The number of rotatable bonds is 1. The van der Waals surface area contributed by atoms with Crippen molar-refractivity contribution in [2.45, 2.75) is 51.6 Å². The monoisotopic (exact) mass is 240 g/mol. The van der Waals surface area contributed by atoms with Crippen LogP contribution in [-0.4, -0.2) is 49.3 Å². The highest BCUT2D eigenvalue weighted by Gasteiger charge is 2.34. The Kier molecular flexibility index (Phi) is 4.45. The van der Waals surface area contributed by atoms with Crippen LogP contribution in [0.25, 0.3) is 0 Å². The van der Waals surface area contributed by atoms with Crippen molar-refractivity contribution in [3.63, 3.8) is 0 Å². The third-order valence-corrected chi connectivity index (χ3v) is 4.51. The van der Waals surface area contributed by atoms with Crippen molar-refractivity contribution >= 4 is 0 Å². The average molecular weight is 240 g/mol. The first-order chi connectivity index (χ1) is 8.10. The van der Waals surface area contributed by atoms with Gasteiger partial charge in [-0.25, -0.2) is 0 Å². The summed E-state index contributed by atoms with van der Waals surface area (Å²) in [6.45, 7) is 12.6. The van der Waals surface area contributed by atoms with Gasteiger partial charge in [0, 0.05) is 37.9 Å². The molecule has 2 unspecified atom stereocenters. The lowest BCUT2D eigenvalue weighted by atomic mass is 9.88. The molecule has 17 heavy (non-hydrogen) atoms. The van der Waals surface area contributed by atoms with Crippen molar-refractivity contribution in [2.75, 3.05) is 32.8 Å². The zero-order valence-electron chi connectivity index (χ0n) is 11.7. The molecule has 0 aliphatic carbocycles. The van der Waals surface area contributed by atoms with Crippen LogP contribution in [0.1, 0.15) is 40.0 Å². The number of hydrogen-bond donors (Lipinski definition) is 1. The third kappa shape index (κ3) is 3.43. The summed E-state index contributed by atoms with van der Waals surface area (Å²) in [7, 11) is 0. The summed E-state index contributed by atoms with van der Waals surface area (Å²) in [5.74, 6) is 0.748. The van der Waals surface area contributed by atoms with Crippen molar-refractivity contribution in [2.24, 2.45) is 5.92 Å². The molecule has 0 aromatic rings. The third-order valence-electron chi connectivity index (χ3n) is 4.51. The minimum atomic E-state index is 0.379. The van der Waals surface area contributed by atoms with Crippen molar-refractivity contribution < 1.29 is 4.74 Å². The summed E-state index contributed by atoms with van der Waals surface area (Å²) in [5.41, 5.74) is 0.379. The van der Waals surface area contributed by atoms with Gasteiger partial charge in [0.15, 0.2) is 0 Å². The lowest BCUT2D eigenvalue weighted by Crippen LogP contribution is -2.54. The summed E-state index contributed by atoms with van der Waals surface area (Å²) in [4.78, 5) is 2.73. The standard InChI is InChI=1S/C14H28N2O/c1-12-10-15-13(2)4-7-16(11-12)14(3)5-8-17-9-6-14/h12-13,15H,4-11H2,1-3H3. The van der Waals surface area contributed by atoms with Crippen LogP contribution < -0.4 is 5.32 Å². The highest BCUT2D eigenvalue weighted by atomic mass is 16.5. The molecule has 0 bridgehead atoms. The highest BCUT2D eigenvalue weighted by molar-refractivity contribution is 4.90. The second kappa shape index (κ2) is 5.68. The van der Waals surface area contributed by atoms with Crippen LogP contribution in [0.3, 0.4) is 0 Å². The van der Waals surface area contributed by atoms with Crippen LogP contribution in [0, 0.1) is 5.92 Å². The summed E-state index contributed by atoms with van der Waals surface area (Å²) >= 11 is 0. The molecular weight excluding hydrogens is 212 g/mol. The van der Waals surface area contributed by atoms with Crippen LogP contribution in [0.4, 0.5) is 0 Å². The zero-order chi connectivity index (χ0) is 12.3. The van der Waals surface area contributed by atoms with E-state index in [1.54, 1.807) is 0 Å². The van der Waals surface area contributed by atoms with Gasteiger partial charge in [-0.05, 0) is 45.6 Å².